The van der Waals surface area contributed by atoms with Crippen LogP contribution in [0, 0.1) is 13.8 Å². The van der Waals surface area contributed by atoms with Gasteiger partial charge in [0, 0.05) is 18.8 Å². The molecule has 0 saturated carbocycles. The molecular weight excluding hydrogens is 342 g/mol. The van der Waals surface area contributed by atoms with Crippen LogP contribution in [0.1, 0.15) is 47.4 Å². The van der Waals surface area contributed by atoms with Gasteiger partial charge in [-0.05, 0) is 42.5 Å². The average Bonchev–Trinajstić information content (AvgIpc) is 3.12. The lowest BCUT2D eigenvalue weighted by molar-refractivity contribution is -0.136. The largest absolute Gasteiger partial charge is 0.449 e. The first kappa shape index (κ1) is 17.5. The SMILES string of the molecule is Cc1ccc2c(c1)-c1cc(C)ccc1C2CCOC(=O)N1C(=O)CCC1=O. The second kappa shape index (κ2) is 6.65. The molecule has 0 atom stereocenters. The van der Waals surface area contributed by atoms with Gasteiger partial charge in [0.2, 0.25) is 11.8 Å². The van der Waals surface area contributed by atoms with Crippen LogP contribution < -0.4 is 0 Å². The second-order valence-corrected chi connectivity index (χ2v) is 7.26. The van der Waals surface area contributed by atoms with Gasteiger partial charge in [-0.15, -0.1) is 0 Å². The quantitative estimate of drug-likeness (QED) is 0.771. The number of hydrogen-bond donors (Lipinski definition) is 0. The fraction of sp³-hybridized carbons (Fsp3) is 0.318. The Morgan fingerprint density at radius 2 is 1.48 bits per heavy atom. The van der Waals surface area contributed by atoms with E-state index < -0.39 is 17.9 Å². The van der Waals surface area contributed by atoms with Crippen molar-refractivity contribution in [3.8, 4) is 11.1 Å². The second-order valence-electron chi connectivity index (χ2n) is 7.26. The third-order valence-electron chi connectivity index (χ3n) is 5.32. The molecule has 0 spiro atoms. The van der Waals surface area contributed by atoms with Crippen molar-refractivity contribution in [3.05, 3.63) is 58.7 Å². The molecule has 1 fully saturated rings. The highest BCUT2D eigenvalue weighted by Gasteiger charge is 2.36. The summed E-state index contributed by atoms with van der Waals surface area (Å²) in [7, 11) is 0. The fourth-order valence-corrected chi connectivity index (χ4v) is 4.00. The molecule has 1 aliphatic heterocycles. The molecule has 1 saturated heterocycles. The number of amides is 3. The zero-order valence-electron chi connectivity index (χ0n) is 15.5. The first-order valence-corrected chi connectivity index (χ1v) is 9.19. The molecule has 138 valence electrons. The van der Waals surface area contributed by atoms with Crippen LogP contribution in [0.25, 0.3) is 11.1 Å². The van der Waals surface area contributed by atoms with Gasteiger partial charge in [-0.25, -0.2) is 4.79 Å². The number of carbonyl (C=O) groups is 3. The predicted octanol–water partition coefficient (Wildman–Crippen LogP) is 4.09. The number of nitrogens with zero attached hydrogens (tertiary/aromatic N) is 1. The highest BCUT2D eigenvalue weighted by atomic mass is 16.6. The van der Waals surface area contributed by atoms with Gasteiger partial charge in [-0.2, -0.15) is 4.90 Å². The lowest BCUT2D eigenvalue weighted by Gasteiger charge is -2.16. The van der Waals surface area contributed by atoms with Crippen molar-refractivity contribution in [1.29, 1.82) is 0 Å². The number of carbonyl (C=O) groups excluding carboxylic acids is 3. The van der Waals surface area contributed by atoms with Crippen molar-refractivity contribution in [2.45, 2.75) is 39.0 Å². The molecule has 1 aliphatic carbocycles. The number of hydrogen-bond acceptors (Lipinski definition) is 4. The van der Waals surface area contributed by atoms with Crippen molar-refractivity contribution >= 4 is 17.9 Å². The molecule has 27 heavy (non-hydrogen) atoms. The first-order chi connectivity index (χ1) is 13.0. The van der Waals surface area contributed by atoms with Crippen LogP contribution in [0.4, 0.5) is 4.79 Å². The molecule has 4 rings (SSSR count). The van der Waals surface area contributed by atoms with Crippen LogP contribution in [-0.4, -0.2) is 29.4 Å². The number of imide groups is 3. The maximum absolute atomic E-state index is 12.1. The summed E-state index contributed by atoms with van der Waals surface area (Å²) in [6, 6.07) is 12.9. The molecule has 3 amide bonds. The van der Waals surface area contributed by atoms with E-state index in [1.54, 1.807) is 0 Å². The Labute approximate surface area is 157 Å². The van der Waals surface area contributed by atoms with E-state index in [2.05, 4.69) is 50.2 Å². The summed E-state index contributed by atoms with van der Waals surface area (Å²) in [4.78, 5) is 36.0. The van der Waals surface area contributed by atoms with E-state index in [0.717, 1.165) is 0 Å². The Bertz CT molecular complexity index is 895. The van der Waals surface area contributed by atoms with Gasteiger partial charge >= 0.3 is 6.09 Å². The van der Waals surface area contributed by atoms with Crippen LogP contribution in [0.2, 0.25) is 0 Å². The van der Waals surface area contributed by atoms with Gasteiger partial charge in [0.1, 0.15) is 0 Å². The van der Waals surface area contributed by atoms with Crippen LogP contribution >= 0.6 is 0 Å². The number of ether oxygens (including phenoxy) is 1. The molecule has 2 aliphatic rings. The first-order valence-electron chi connectivity index (χ1n) is 9.19. The molecule has 2 aromatic carbocycles. The van der Waals surface area contributed by atoms with E-state index in [4.69, 9.17) is 4.74 Å². The third kappa shape index (κ3) is 3.03. The van der Waals surface area contributed by atoms with Gasteiger partial charge in [0.05, 0.1) is 6.61 Å². The molecule has 0 aromatic heterocycles. The highest BCUT2D eigenvalue weighted by Crippen LogP contribution is 2.46. The summed E-state index contributed by atoms with van der Waals surface area (Å²) in [5, 5.41) is 0. The van der Waals surface area contributed by atoms with Gasteiger partial charge in [-0.3, -0.25) is 9.59 Å². The fourth-order valence-electron chi connectivity index (χ4n) is 4.00. The van der Waals surface area contributed by atoms with Crippen molar-refractivity contribution in [2.24, 2.45) is 0 Å². The van der Waals surface area contributed by atoms with Crippen LogP contribution in [0.3, 0.4) is 0 Å². The molecule has 1 heterocycles. The molecule has 0 unspecified atom stereocenters. The number of rotatable bonds is 3. The summed E-state index contributed by atoms with van der Waals surface area (Å²) in [6.07, 6.45) is -0.0890. The van der Waals surface area contributed by atoms with E-state index in [1.165, 1.54) is 33.4 Å². The molecule has 2 aromatic rings. The zero-order valence-corrected chi connectivity index (χ0v) is 15.5. The van der Waals surface area contributed by atoms with E-state index >= 15 is 0 Å². The van der Waals surface area contributed by atoms with E-state index in [9.17, 15) is 14.4 Å². The monoisotopic (exact) mass is 363 g/mol. The maximum atomic E-state index is 12.1. The van der Waals surface area contributed by atoms with Crippen LogP contribution in [-0.2, 0) is 14.3 Å². The zero-order chi connectivity index (χ0) is 19.1. The topological polar surface area (TPSA) is 63.7 Å². The summed E-state index contributed by atoms with van der Waals surface area (Å²) < 4.78 is 5.25. The normalized spacial score (nSPS) is 15.9. The Kier molecular flexibility index (Phi) is 4.30. The summed E-state index contributed by atoms with van der Waals surface area (Å²) in [6.45, 7) is 4.31. The van der Waals surface area contributed by atoms with Gasteiger partial charge in [-0.1, -0.05) is 47.5 Å². The molecule has 0 N–H and O–H groups in total. The minimum atomic E-state index is -0.853. The number of fused-ring (bicyclic) bond motifs is 3. The van der Waals surface area contributed by atoms with Crippen molar-refractivity contribution in [2.75, 3.05) is 6.61 Å². The van der Waals surface area contributed by atoms with E-state index in [0.29, 0.717) is 11.3 Å². The number of likely N-dealkylation sites (tertiary alicyclic amines) is 1. The average molecular weight is 363 g/mol. The molecular formula is C22H21NO4. The number of benzene rings is 2. The van der Waals surface area contributed by atoms with Gasteiger partial charge < -0.3 is 4.74 Å². The summed E-state index contributed by atoms with van der Waals surface area (Å²) in [5.41, 5.74) is 7.33. The Balaban J connectivity index is 1.52. The summed E-state index contributed by atoms with van der Waals surface area (Å²) in [5.74, 6) is -0.825. The lowest BCUT2D eigenvalue weighted by Crippen LogP contribution is -2.36. The van der Waals surface area contributed by atoms with Crippen LogP contribution in [0.15, 0.2) is 36.4 Å². The van der Waals surface area contributed by atoms with E-state index in [1.807, 2.05) is 0 Å². The molecule has 5 heteroatoms. The minimum Gasteiger partial charge on any atom is -0.449 e. The minimum absolute atomic E-state index is 0.0794. The van der Waals surface area contributed by atoms with E-state index in [-0.39, 0.29) is 25.4 Å². The number of aryl methyl sites for hydroxylation is 2. The van der Waals surface area contributed by atoms with Crippen molar-refractivity contribution in [1.82, 2.24) is 4.90 Å². The summed E-state index contributed by atoms with van der Waals surface area (Å²) >= 11 is 0. The predicted molar refractivity (Wildman–Crippen MR) is 100 cm³/mol. The van der Waals surface area contributed by atoms with Crippen molar-refractivity contribution in [3.63, 3.8) is 0 Å². The molecule has 0 radical (unpaired) electrons. The highest BCUT2D eigenvalue weighted by molar-refractivity contribution is 6.13. The smallest absolute Gasteiger partial charge is 0.423 e. The Hall–Kier alpha value is -2.95. The van der Waals surface area contributed by atoms with Crippen LogP contribution in [0.5, 0.6) is 0 Å². The Morgan fingerprint density at radius 3 is 2.00 bits per heavy atom. The Morgan fingerprint density at radius 1 is 0.963 bits per heavy atom. The van der Waals surface area contributed by atoms with Crippen molar-refractivity contribution < 1.29 is 19.1 Å². The van der Waals surface area contributed by atoms with Gasteiger partial charge in [0.15, 0.2) is 0 Å². The molecule has 5 nitrogen and oxygen atoms in total. The molecule has 0 bridgehead atoms. The standard InChI is InChI=1S/C22H21NO4/c1-13-3-5-15-17(16-6-4-14(2)12-19(16)18(15)11-13)9-10-27-22(26)23-20(24)7-8-21(23)25/h3-6,11-12,17H,7-10H2,1-2H3. The van der Waals surface area contributed by atoms with Gasteiger partial charge in [0.25, 0.3) is 0 Å². The third-order valence-corrected chi connectivity index (χ3v) is 5.32. The maximum Gasteiger partial charge on any atom is 0.423 e. The lowest BCUT2D eigenvalue weighted by atomic mass is 9.93.